The fraction of sp³-hybridized carbons (Fsp3) is 0.231. The van der Waals surface area contributed by atoms with E-state index in [0.717, 1.165) is 23.6 Å². The number of aryl methyl sites for hydroxylation is 1. The van der Waals surface area contributed by atoms with Gasteiger partial charge in [-0.2, -0.15) is 0 Å². The molecule has 0 saturated heterocycles. The van der Waals surface area contributed by atoms with Gasteiger partial charge in [-0.05, 0) is 31.2 Å². The quantitative estimate of drug-likeness (QED) is 0.842. The molecule has 3 N–H and O–H groups in total. The van der Waals surface area contributed by atoms with Crippen LogP contribution in [0.2, 0.25) is 0 Å². The van der Waals surface area contributed by atoms with Gasteiger partial charge in [0.2, 0.25) is 10.0 Å². The third-order valence-corrected chi connectivity index (χ3v) is 5.16. The van der Waals surface area contributed by atoms with Crippen LogP contribution in [0.4, 0.5) is 5.69 Å². The van der Waals surface area contributed by atoms with Crippen molar-refractivity contribution in [2.45, 2.75) is 23.3 Å². The molecule has 0 saturated carbocycles. The van der Waals surface area contributed by atoms with E-state index >= 15 is 0 Å². The van der Waals surface area contributed by atoms with Crippen molar-refractivity contribution in [1.29, 1.82) is 0 Å². The van der Waals surface area contributed by atoms with Gasteiger partial charge in [0, 0.05) is 18.4 Å². The molecule has 2 rings (SSSR count). The number of hydrogen-bond donors (Lipinski definition) is 2. The zero-order valence-electron chi connectivity index (χ0n) is 12.0. The summed E-state index contributed by atoms with van der Waals surface area (Å²) < 4.78 is 51.6. The molecule has 0 amide bonds. The van der Waals surface area contributed by atoms with Crippen LogP contribution in [0.25, 0.3) is 0 Å². The first kappa shape index (κ1) is 16.5. The highest BCUT2D eigenvalue weighted by atomic mass is 32.2. The average Bonchev–Trinajstić information content (AvgIpc) is 2.79. The van der Waals surface area contributed by atoms with E-state index in [0.29, 0.717) is 12.2 Å². The van der Waals surface area contributed by atoms with Crippen LogP contribution in [-0.2, 0) is 26.4 Å². The number of anilines is 1. The summed E-state index contributed by atoms with van der Waals surface area (Å²) in [5.41, 5.74) is 1.17. The molecule has 1 heterocycles. The molecular formula is C13H16N2O5S2. The summed E-state index contributed by atoms with van der Waals surface area (Å²) in [5, 5.41) is 8.00. The van der Waals surface area contributed by atoms with E-state index in [1.807, 2.05) is 0 Å². The summed E-state index contributed by atoms with van der Waals surface area (Å²) in [6.45, 7) is 2.14. The summed E-state index contributed by atoms with van der Waals surface area (Å²) in [5.74, 6) is 0.717. The van der Waals surface area contributed by atoms with E-state index < -0.39 is 19.9 Å². The number of furan rings is 1. The van der Waals surface area contributed by atoms with E-state index in [9.17, 15) is 16.8 Å². The third kappa shape index (κ3) is 3.67. The number of benzene rings is 1. The molecule has 1 aromatic carbocycles. The lowest BCUT2D eigenvalue weighted by molar-refractivity contribution is 0.530. The van der Waals surface area contributed by atoms with Gasteiger partial charge in [-0.3, -0.25) is 0 Å². The van der Waals surface area contributed by atoms with Crippen LogP contribution in [0.1, 0.15) is 11.3 Å². The van der Waals surface area contributed by atoms with Gasteiger partial charge in [0.1, 0.15) is 5.76 Å². The Kier molecular flexibility index (Phi) is 4.32. The Morgan fingerprint density at radius 2 is 1.86 bits per heavy atom. The van der Waals surface area contributed by atoms with Crippen LogP contribution in [0, 0.1) is 6.92 Å². The maximum absolute atomic E-state index is 11.9. The van der Waals surface area contributed by atoms with Crippen LogP contribution in [0.3, 0.4) is 0 Å². The van der Waals surface area contributed by atoms with Crippen LogP contribution in [-0.4, -0.2) is 23.1 Å². The smallest absolute Gasteiger partial charge is 0.238 e. The van der Waals surface area contributed by atoms with Gasteiger partial charge in [0.05, 0.1) is 21.7 Å². The standard InChI is InChI=1S/C13H16N2O5S2/c1-9-10(5-6-20-9)8-15-12-4-3-11(22(14,18)19)7-13(12)21(2,16)17/h3-7,15H,8H2,1-2H3,(H2,14,18,19). The van der Waals surface area contributed by atoms with Crippen molar-refractivity contribution in [3.63, 3.8) is 0 Å². The predicted molar refractivity (Wildman–Crippen MR) is 81.7 cm³/mol. The molecule has 0 bridgehead atoms. The number of primary sulfonamides is 1. The highest BCUT2D eigenvalue weighted by Gasteiger charge is 2.18. The summed E-state index contributed by atoms with van der Waals surface area (Å²) in [4.78, 5) is -0.377. The van der Waals surface area contributed by atoms with Crippen molar-refractivity contribution in [1.82, 2.24) is 0 Å². The van der Waals surface area contributed by atoms with Crippen molar-refractivity contribution in [2.24, 2.45) is 5.14 Å². The fourth-order valence-corrected chi connectivity index (χ4v) is 3.41. The number of nitrogens with one attached hydrogen (secondary N) is 1. The Labute approximate surface area is 129 Å². The minimum Gasteiger partial charge on any atom is -0.469 e. The maximum Gasteiger partial charge on any atom is 0.238 e. The van der Waals surface area contributed by atoms with Gasteiger partial charge in [-0.15, -0.1) is 0 Å². The molecule has 1 aromatic heterocycles. The molecule has 0 atom stereocenters. The predicted octanol–water partition coefficient (Wildman–Crippen LogP) is 1.25. The molecule has 0 aliphatic heterocycles. The number of sulfonamides is 1. The Morgan fingerprint density at radius 1 is 1.18 bits per heavy atom. The number of hydrogen-bond acceptors (Lipinski definition) is 6. The second-order valence-electron chi connectivity index (χ2n) is 4.83. The van der Waals surface area contributed by atoms with Gasteiger partial charge in [-0.1, -0.05) is 0 Å². The highest BCUT2D eigenvalue weighted by Crippen LogP contribution is 2.25. The Balaban J connectivity index is 2.41. The molecule has 0 unspecified atom stereocenters. The van der Waals surface area contributed by atoms with Gasteiger partial charge < -0.3 is 9.73 Å². The van der Waals surface area contributed by atoms with Crippen molar-refractivity contribution in [3.05, 3.63) is 41.9 Å². The zero-order chi connectivity index (χ0) is 16.5. The lowest BCUT2D eigenvalue weighted by atomic mass is 10.2. The van der Waals surface area contributed by atoms with Gasteiger partial charge in [0.15, 0.2) is 9.84 Å². The Bertz CT molecular complexity index is 898. The van der Waals surface area contributed by atoms with Gasteiger partial charge >= 0.3 is 0 Å². The topological polar surface area (TPSA) is 119 Å². The average molecular weight is 344 g/mol. The molecule has 120 valence electrons. The number of rotatable bonds is 5. The molecule has 7 nitrogen and oxygen atoms in total. The number of nitrogens with two attached hydrogens (primary N) is 1. The first-order valence-electron chi connectivity index (χ1n) is 6.23. The Hall–Kier alpha value is -1.84. The minimum atomic E-state index is -3.97. The Morgan fingerprint density at radius 3 is 2.36 bits per heavy atom. The van der Waals surface area contributed by atoms with Crippen LogP contribution in [0.15, 0.2) is 44.7 Å². The molecule has 0 radical (unpaired) electrons. The minimum absolute atomic E-state index is 0.125. The number of sulfone groups is 1. The maximum atomic E-state index is 11.9. The van der Waals surface area contributed by atoms with Crippen LogP contribution < -0.4 is 10.5 Å². The first-order valence-corrected chi connectivity index (χ1v) is 9.66. The molecular weight excluding hydrogens is 328 g/mol. The summed E-state index contributed by atoms with van der Waals surface area (Å²) >= 11 is 0. The zero-order valence-corrected chi connectivity index (χ0v) is 13.7. The molecule has 0 spiro atoms. The molecule has 0 fully saturated rings. The highest BCUT2D eigenvalue weighted by molar-refractivity contribution is 7.91. The molecule has 9 heteroatoms. The lowest BCUT2D eigenvalue weighted by Crippen LogP contribution is -2.14. The summed E-state index contributed by atoms with van der Waals surface area (Å²) in [6, 6.07) is 5.45. The van der Waals surface area contributed by atoms with Crippen molar-refractivity contribution < 1.29 is 21.3 Å². The SMILES string of the molecule is Cc1occc1CNc1ccc(S(N)(=O)=O)cc1S(C)(=O)=O. The lowest BCUT2D eigenvalue weighted by Gasteiger charge is -2.12. The van der Waals surface area contributed by atoms with Crippen LogP contribution >= 0.6 is 0 Å². The monoisotopic (exact) mass is 344 g/mol. The molecule has 0 aliphatic carbocycles. The molecule has 2 aromatic rings. The first-order chi connectivity index (χ1) is 10.1. The van der Waals surface area contributed by atoms with Crippen LogP contribution in [0.5, 0.6) is 0 Å². The largest absolute Gasteiger partial charge is 0.469 e. The van der Waals surface area contributed by atoms with Crippen molar-refractivity contribution >= 4 is 25.5 Å². The van der Waals surface area contributed by atoms with E-state index in [-0.39, 0.29) is 9.79 Å². The normalized spacial score (nSPS) is 12.3. The summed E-state index contributed by atoms with van der Waals surface area (Å²) in [7, 11) is -7.60. The van der Waals surface area contributed by atoms with E-state index in [1.165, 1.54) is 18.4 Å². The van der Waals surface area contributed by atoms with E-state index in [2.05, 4.69) is 5.32 Å². The second-order valence-corrected chi connectivity index (χ2v) is 8.38. The van der Waals surface area contributed by atoms with Crippen molar-refractivity contribution in [3.8, 4) is 0 Å². The third-order valence-electron chi connectivity index (χ3n) is 3.12. The van der Waals surface area contributed by atoms with Gasteiger partial charge in [0.25, 0.3) is 0 Å². The van der Waals surface area contributed by atoms with E-state index in [4.69, 9.17) is 9.56 Å². The fourth-order valence-electron chi connectivity index (χ4n) is 1.92. The van der Waals surface area contributed by atoms with Gasteiger partial charge in [-0.25, -0.2) is 22.0 Å². The van der Waals surface area contributed by atoms with Crippen molar-refractivity contribution in [2.75, 3.05) is 11.6 Å². The molecule has 22 heavy (non-hydrogen) atoms. The summed E-state index contributed by atoms with van der Waals surface area (Å²) in [6.07, 6.45) is 2.54. The molecule has 0 aliphatic rings. The van der Waals surface area contributed by atoms with E-state index in [1.54, 1.807) is 13.0 Å². The second kappa shape index (κ2) is 5.75.